The summed E-state index contributed by atoms with van der Waals surface area (Å²) < 4.78 is 20.1. The van der Waals surface area contributed by atoms with Gasteiger partial charge in [-0.25, -0.2) is 4.39 Å². The first kappa shape index (κ1) is 26.6. The summed E-state index contributed by atoms with van der Waals surface area (Å²) in [6.07, 6.45) is 0.509. The SMILES string of the molecule is CCOC1CC(N)(C(=O)N2CCN(c3ccc(C(C)=O)cc3F)CC2)C1(C)C.Cl.Cl. The Balaban J connectivity index is 0.00000225. The fourth-order valence-corrected chi connectivity index (χ4v) is 4.21. The molecule has 9 heteroatoms. The van der Waals surface area contributed by atoms with E-state index >= 15 is 0 Å². The van der Waals surface area contributed by atoms with E-state index in [1.807, 2.05) is 25.7 Å². The van der Waals surface area contributed by atoms with E-state index in [1.165, 1.54) is 13.0 Å². The summed E-state index contributed by atoms with van der Waals surface area (Å²) in [5.74, 6) is -0.634. The van der Waals surface area contributed by atoms with Crippen LogP contribution in [0.5, 0.6) is 0 Å². The topological polar surface area (TPSA) is 75.9 Å². The number of rotatable bonds is 5. The lowest BCUT2D eigenvalue weighted by molar-refractivity contribution is -0.179. The van der Waals surface area contributed by atoms with Crippen LogP contribution in [-0.2, 0) is 9.53 Å². The van der Waals surface area contributed by atoms with Gasteiger partial charge in [0.15, 0.2) is 5.78 Å². The normalized spacial score (nSPS) is 24.9. The summed E-state index contributed by atoms with van der Waals surface area (Å²) in [6, 6.07) is 4.54. The Morgan fingerprint density at radius 2 is 1.80 bits per heavy atom. The molecule has 0 aromatic heterocycles. The molecule has 1 amide bonds. The van der Waals surface area contributed by atoms with Gasteiger partial charge in [0.05, 0.1) is 11.8 Å². The average molecular weight is 464 g/mol. The highest BCUT2D eigenvalue weighted by Gasteiger charge is 2.63. The first-order valence-corrected chi connectivity index (χ1v) is 9.87. The molecule has 2 atom stereocenters. The number of hydrogen-bond donors (Lipinski definition) is 1. The smallest absolute Gasteiger partial charge is 0.243 e. The minimum atomic E-state index is -0.927. The van der Waals surface area contributed by atoms with Gasteiger partial charge in [-0.15, -0.1) is 24.8 Å². The number of nitrogens with two attached hydrogens (primary N) is 1. The number of ketones is 1. The lowest BCUT2D eigenvalue weighted by Crippen LogP contribution is -2.76. The number of nitrogens with zero attached hydrogens (tertiary/aromatic N) is 2. The number of Topliss-reactive ketones (excluding diaryl/α,β-unsaturated/α-hetero) is 1. The monoisotopic (exact) mass is 463 g/mol. The molecule has 0 bridgehead atoms. The lowest BCUT2D eigenvalue weighted by Gasteiger charge is -2.59. The number of benzene rings is 1. The molecule has 1 aromatic rings. The van der Waals surface area contributed by atoms with Crippen molar-refractivity contribution < 1.29 is 18.7 Å². The third kappa shape index (κ3) is 4.44. The van der Waals surface area contributed by atoms with Crippen molar-refractivity contribution in [1.29, 1.82) is 0 Å². The van der Waals surface area contributed by atoms with Gasteiger partial charge < -0.3 is 20.3 Å². The summed E-state index contributed by atoms with van der Waals surface area (Å²) in [5, 5.41) is 0. The second-order valence-electron chi connectivity index (χ2n) is 8.34. The number of halogens is 3. The fraction of sp³-hybridized carbons (Fsp3) is 0.619. The second-order valence-corrected chi connectivity index (χ2v) is 8.34. The fourth-order valence-electron chi connectivity index (χ4n) is 4.21. The van der Waals surface area contributed by atoms with Gasteiger partial charge in [0.2, 0.25) is 5.91 Å². The molecule has 2 aliphatic rings. The van der Waals surface area contributed by atoms with Gasteiger partial charge in [-0.2, -0.15) is 0 Å². The minimum absolute atomic E-state index is 0. The summed E-state index contributed by atoms with van der Waals surface area (Å²) in [5.41, 5.74) is 5.98. The summed E-state index contributed by atoms with van der Waals surface area (Å²) in [7, 11) is 0. The minimum Gasteiger partial charge on any atom is -0.378 e. The molecule has 1 saturated carbocycles. The molecule has 30 heavy (non-hydrogen) atoms. The van der Waals surface area contributed by atoms with E-state index in [0.29, 0.717) is 50.5 Å². The van der Waals surface area contributed by atoms with Crippen molar-refractivity contribution >= 4 is 42.2 Å². The van der Waals surface area contributed by atoms with Crippen molar-refractivity contribution in [2.75, 3.05) is 37.7 Å². The quantitative estimate of drug-likeness (QED) is 0.678. The average Bonchev–Trinajstić information content (AvgIpc) is 2.67. The molecule has 0 spiro atoms. The Labute approximate surface area is 190 Å². The molecule has 170 valence electrons. The van der Waals surface area contributed by atoms with Gasteiger partial charge in [-0.1, -0.05) is 13.8 Å². The molecule has 1 heterocycles. The predicted molar refractivity (Wildman–Crippen MR) is 120 cm³/mol. The molecule has 0 radical (unpaired) electrons. The van der Waals surface area contributed by atoms with Crippen molar-refractivity contribution in [3.8, 4) is 0 Å². The van der Waals surface area contributed by atoms with Crippen molar-refractivity contribution in [3.63, 3.8) is 0 Å². The first-order valence-electron chi connectivity index (χ1n) is 9.87. The van der Waals surface area contributed by atoms with Gasteiger partial charge >= 0.3 is 0 Å². The largest absolute Gasteiger partial charge is 0.378 e. The Hall–Kier alpha value is -1.41. The number of piperazine rings is 1. The lowest BCUT2D eigenvalue weighted by atomic mass is 9.54. The number of amides is 1. The third-order valence-electron chi connectivity index (χ3n) is 6.47. The maximum absolute atomic E-state index is 14.4. The van der Waals surface area contributed by atoms with Crippen LogP contribution in [-0.4, -0.2) is 61.0 Å². The van der Waals surface area contributed by atoms with Crippen LogP contribution >= 0.6 is 24.8 Å². The number of carbonyl (C=O) groups is 2. The Morgan fingerprint density at radius 1 is 1.20 bits per heavy atom. The Morgan fingerprint density at radius 3 is 2.27 bits per heavy atom. The van der Waals surface area contributed by atoms with E-state index in [1.54, 1.807) is 17.0 Å². The van der Waals surface area contributed by atoms with Crippen molar-refractivity contribution in [3.05, 3.63) is 29.6 Å². The molecular formula is C21H32Cl2FN3O3. The van der Waals surface area contributed by atoms with E-state index in [9.17, 15) is 14.0 Å². The molecule has 2 unspecified atom stereocenters. The Kier molecular flexibility index (Phi) is 8.71. The van der Waals surface area contributed by atoms with Crippen LogP contribution in [0.3, 0.4) is 0 Å². The standard InChI is InChI=1S/C21H30FN3O3.2ClH/c1-5-28-18-13-21(23,20(18,3)4)19(27)25-10-8-24(9-11-25)17-7-6-15(14(2)26)12-16(17)22;;/h6-7,12,18H,5,8-11,13,23H2,1-4H3;2*1H. The van der Waals surface area contributed by atoms with E-state index in [4.69, 9.17) is 10.5 Å². The van der Waals surface area contributed by atoms with Crippen LogP contribution in [0.2, 0.25) is 0 Å². The van der Waals surface area contributed by atoms with E-state index in [0.717, 1.165) is 0 Å². The highest BCUT2D eigenvalue weighted by Crippen LogP contribution is 2.50. The number of ether oxygens (including phenoxy) is 1. The molecule has 3 rings (SSSR count). The molecular weight excluding hydrogens is 432 g/mol. The number of carbonyl (C=O) groups excluding carboxylic acids is 2. The van der Waals surface area contributed by atoms with Crippen LogP contribution in [0.25, 0.3) is 0 Å². The van der Waals surface area contributed by atoms with Crippen LogP contribution in [0.1, 0.15) is 44.5 Å². The number of hydrogen-bond acceptors (Lipinski definition) is 5. The van der Waals surface area contributed by atoms with Crippen molar-refractivity contribution in [2.45, 2.75) is 45.8 Å². The maximum Gasteiger partial charge on any atom is 0.243 e. The third-order valence-corrected chi connectivity index (χ3v) is 6.47. The van der Waals surface area contributed by atoms with E-state index < -0.39 is 16.8 Å². The van der Waals surface area contributed by atoms with Gasteiger partial charge in [-0.3, -0.25) is 9.59 Å². The summed E-state index contributed by atoms with van der Waals surface area (Å²) >= 11 is 0. The predicted octanol–water partition coefficient (Wildman–Crippen LogP) is 3.05. The molecule has 1 aromatic carbocycles. The van der Waals surface area contributed by atoms with Crippen LogP contribution in [0, 0.1) is 11.2 Å². The molecule has 1 aliphatic carbocycles. The van der Waals surface area contributed by atoms with Gasteiger partial charge in [0, 0.05) is 50.2 Å². The molecule has 2 fully saturated rings. The van der Waals surface area contributed by atoms with Crippen LogP contribution < -0.4 is 10.6 Å². The van der Waals surface area contributed by atoms with E-state index in [-0.39, 0.29) is 42.6 Å². The van der Waals surface area contributed by atoms with Crippen molar-refractivity contribution in [1.82, 2.24) is 4.90 Å². The zero-order valence-electron chi connectivity index (χ0n) is 17.9. The highest BCUT2D eigenvalue weighted by molar-refractivity contribution is 5.94. The van der Waals surface area contributed by atoms with Gasteiger partial charge in [-0.05, 0) is 32.0 Å². The highest BCUT2D eigenvalue weighted by atomic mass is 35.5. The zero-order chi connectivity index (χ0) is 20.7. The summed E-state index contributed by atoms with van der Waals surface area (Å²) in [4.78, 5) is 28.2. The van der Waals surface area contributed by atoms with Crippen molar-refractivity contribution in [2.24, 2.45) is 11.1 Å². The number of anilines is 1. The second kappa shape index (κ2) is 9.81. The van der Waals surface area contributed by atoms with Crippen LogP contribution in [0.15, 0.2) is 18.2 Å². The molecule has 2 N–H and O–H groups in total. The molecule has 6 nitrogen and oxygen atoms in total. The van der Waals surface area contributed by atoms with Gasteiger partial charge in [0.25, 0.3) is 0 Å². The maximum atomic E-state index is 14.4. The molecule has 1 saturated heterocycles. The zero-order valence-corrected chi connectivity index (χ0v) is 19.6. The summed E-state index contributed by atoms with van der Waals surface area (Å²) in [6.45, 7) is 9.94. The van der Waals surface area contributed by atoms with Crippen LogP contribution in [0.4, 0.5) is 10.1 Å². The molecule has 1 aliphatic heterocycles. The van der Waals surface area contributed by atoms with Gasteiger partial charge in [0.1, 0.15) is 11.4 Å². The Bertz CT molecular complexity index is 785. The van der Waals surface area contributed by atoms with E-state index in [2.05, 4.69) is 0 Å². The first-order chi connectivity index (χ1) is 13.1.